The van der Waals surface area contributed by atoms with E-state index in [1.54, 1.807) is 0 Å². The molecule has 144 valence electrons. The van der Waals surface area contributed by atoms with Gasteiger partial charge in [-0.3, -0.25) is 5.32 Å². The van der Waals surface area contributed by atoms with Crippen LogP contribution in [0.1, 0.15) is 23.3 Å². The van der Waals surface area contributed by atoms with Gasteiger partial charge >= 0.3 is 12.2 Å². The van der Waals surface area contributed by atoms with Crippen LogP contribution in [0.2, 0.25) is 0 Å². The number of carbonyl (C=O) groups excluding carboxylic acids is 1. The summed E-state index contributed by atoms with van der Waals surface area (Å²) in [5.74, 6) is 0.386. The minimum Gasteiger partial charge on any atom is -0.497 e. The molecule has 3 heterocycles. The van der Waals surface area contributed by atoms with Crippen LogP contribution in [-0.4, -0.2) is 37.4 Å². The number of carbonyl (C=O) groups is 1. The number of amides is 2. The molecule has 10 heteroatoms. The van der Waals surface area contributed by atoms with Crippen LogP contribution in [0.4, 0.5) is 28.9 Å². The van der Waals surface area contributed by atoms with Crippen LogP contribution in [0.3, 0.4) is 0 Å². The van der Waals surface area contributed by atoms with Gasteiger partial charge in [0.05, 0.1) is 12.0 Å². The molecule has 1 aromatic heterocycles. The summed E-state index contributed by atoms with van der Waals surface area (Å²) in [5.41, 5.74) is -2.75. The van der Waals surface area contributed by atoms with Gasteiger partial charge in [0.2, 0.25) is 5.54 Å². The molecule has 27 heavy (non-hydrogen) atoms. The zero-order valence-electron chi connectivity index (χ0n) is 14.4. The fourth-order valence-corrected chi connectivity index (χ4v) is 4.73. The van der Waals surface area contributed by atoms with Crippen molar-refractivity contribution in [2.75, 3.05) is 30.4 Å². The van der Waals surface area contributed by atoms with Crippen LogP contribution in [0.25, 0.3) is 0 Å². The van der Waals surface area contributed by atoms with Crippen LogP contribution >= 0.6 is 11.3 Å². The SMILES string of the molecule is COc1ccc(C2(C(F)(F)F)NC(=O)Nc3nc(N4CCCC4)sc32)cc1. The Morgan fingerprint density at radius 3 is 2.48 bits per heavy atom. The summed E-state index contributed by atoms with van der Waals surface area (Å²) in [6.07, 6.45) is -2.82. The van der Waals surface area contributed by atoms with Crippen LogP contribution in [-0.2, 0) is 5.54 Å². The second kappa shape index (κ2) is 6.29. The monoisotopic (exact) mass is 398 g/mol. The Bertz CT molecular complexity index is 862. The number of benzene rings is 1. The molecule has 2 aromatic rings. The minimum atomic E-state index is -4.76. The van der Waals surface area contributed by atoms with E-state index in [1.165, 1.54) is 31.4 Å². The van der Waals surface area contributed by atoms with E-state index in [2.05, 4.69) is 15.6 Å². The number of nitrogens with zero attached hydrogens (tertiary/aromatic N) is 2. The van der Waals surface area contributed by atoms with E-state index in [1.807, 2.05) is 4.90 Å². The second-order valence-electron chi connectivity index (χ2n) is 6.42. The van der Waals surface area contributed by atoms with Gasteiger partial charge in [-0.15, -0.1) is 0 Å². The number of hydrogen-bond donors (Lipinski definition) is 2. The van der Waals surface area contributed by atoms with Crippen molar-refractivity contribution < 1.29 is 22.7 Å². The Hall–Kier alpha value is -2.49. The highest BCUT2D eigenvalue weighted by Crippen LogP contribution is 2.52. The number of alkyl halides is 3. The quantitative estimate of drug-likeness (QED) is 0.828. The number of aromatic nitrogens is 1. The Labute approximate surface area is 157 Å². The molecule has 2 aliphatic heterocycles. The zero-order valence-corrected chi connectivity index (χ0v) is 15.2. The number of methoxy groups -OCH3 is 1. The van der Waals surface area contributed by atoms with Gasteiger partial charge < -0.3 is 15.0 Å². The van der Waals surface area contributed by atoms with Crippen molar-refractivity contribution >= 4 is 28.3 Å². The maximum atomic E-state index is 14.4. The Morgan fingerprint density at radius 1 is 1.22 bits per heavy atom. The smallest absolute Gasteiger partial charge is 0.421 e. The first-order valence-electron chi connectivity index (χ1n) is 8.42. The summed E-state index contributed by atoms with van der Waals surface area (Å²) in [7, 11) is 1.43. The summed E-state index contributed by atoms with van der Waals surface area (Å²) < 4.78 is 48.2. The highest BCUT2D eigenvalue weighted by Gasteiger charge is 2.62. The number of halogens is 3. The summed E-state index contributed by atoms with van der Waals surface area (Å²) in [6.45, 7) is 1.49. The van der Waals surface area contributed by atoms with Gasteiger partial charge in [0, 0.05) is 13.1 Å². The molecule has 0 radical (unpaired) electrons. The fraction of sp³-hybridized carbons (Fsp3) is 0.412. The number of fused-ring (bicyclic) bond motifs is 1. The maximum absolute atomic E-state index is 14.4. The predicted octanol–water partition coefficient (Wildman–Crippen LogP) is 3.69. The van der Waals surface area contributed by atoms with Gasteiger partial charge in [0.15, 0.2) is 10.9 Å². The summed E-state index contributed by atoms with van der Waals surface area (Å²) in [5, 5.41) is 5.03. The molecule has 4 rings (SSSR count). The molecule has 0 bridgehead atoms. The molecule has 1 unspecified atom stereocenters. The lowest BCUT2D eigenvalue weighted by Crippen LogP contribution is -2.60. The molecule has 6 nitrogen and oxygen atoms in total. The van der Waals surface area contributed by atoms with Crippen LogP contribution in [0.5, 0.6) is 5.75 Å². The van der Waals surface area contributed by atoms with Crippen molar-refractivity contribution in [1.29, 1.82) is 0 Å². The zero-order chi connectivity index (χ0) is 19.2. The van der Waals surface area contributed by atoms with E-state index in [4.69, 9.17) is 4.74 Å². The van der Waals surface area contributed by atoms with E-state index in [9.17, 15) is 18.0 Å². The Balaban J connectivity index is 1.90. The molecule has 0 saturated carbocycles. The van der Waals surface area contributed by atoms with Crippen molar-refractivity contribution in [2.45, 2.75) is 24.6 Å². The van der Waals surface area contributed by atoms with E-state index < -0.39 is 17.7 Å². The number of thiazole rings is 1. The molecule has 2 aliphatic rings. The molecule has 1 aromatic carbocycles. The predicted molar refractivity (Wildman–Crippen MR) is 95.5 cm³/mol. The molecule has 0 aliphatic carbocycles. The van der Waals surface area contributed by atoms with Crippen molar-refractivity contribution in [1.82, 2.24) is 10.3 Å². The standard InChI is InChI=1S/C17H17F3N4O2S/c1-26-11-6-4-10(5-7-11)16(17(18,19)20)12-13(21-14(25)23-16)22-15(27-12)24-8-2-3-9-24/h4-7H,2-3,8-9H2,1H3,(H2,21,23,25). The van der Waals surface area contributed by atoms with Gasteiger partial charge in [-0.05, 0) is 30.5 Å². The number of urea groups is 1. The van der Waals surface area contributed by atoms with Crippen molar-refractivity contribution in [3.63, 3.8) is 0 Å². The van der Waals surface area contributed by atoms with Gasteiger partial charge in [0.25, 0.3) is 0 Å². The third-order valence-electron chi connectivity index (χ3n) is 4.81. The lowest BCUT2D eigenvalue weighted by molar-refractivity contribution is -0.183. The number of anilines is 2. The Kier molecular flexibility index (Phi) is 4.17. The van der Waals surface area contributed by atoms with E-state index in [0.717, 1.165) is 37.3 Å². The van der Waals surface area contributed by atoms with E-state index in [0.29, 0.717) is 10.9 Å². The third-order valence-corrected chi connectivity index (χ3v) is 6.05. The van der Waals surface area contributed by atoms with Crippen molar-refractivity contribution in [3.05, 3.63) is 34.7 Å². The van der Waals surface area contributed by atoms with Gasteiger partial charge in [-0.2, -0.15) is 13.2 Å². The average Bonchev–Trinajstić information content (AvgIpc) is 3.29. The second-order valence-corrected chi connectivity index (χ2v) is 7.40. The van der Waals surface area contributed by atoms with E-state index in [-0.39, 0.29) is 16.3 Å². The first kappa shape index (κ1) is 17.9. The average molecular weight is 398 g/mol. The van der Waals surface area contributed by atoms with Crippen LogP contribution < -0.4 is 20.3 Å². The largest absolute Gasteiger partial charge is 0.497 e. The summed E-state index contributed by atoms with van der Waals surface area (Å²) >= 11 is 0.960. The van der Waals surface area contributed by atoms with Crippen LogP contribution in [0, 0.1) is 0 Å². The van der Waals surface area contributed by atoms with Gasteiger partial charge in [-0.25, -0.2) is 9.78 Å². The number of nitrogens with one attached hydrogen (secondary N) is 2. The third kappa shape index (κ3) is 2.78. The number of rotatable bonds is 3. The number of ether oxygens (including phenoxy) is 1. The highest BCUT2D eigenvalue weighted by atomic mass is 32.1. The molecule has 1 saturated heterocycles. The Morgan fingerprint density at radius 2 is 1.89 bits per heavy atom. The lowest BCUT2D eigenvalue weighted by Gasteiger charge is -2.39. The number of hydrogen-bond acceptors (Lipinski definition) is 5. The molecular weight excluding hydrogens is 381 g/mol. The van der Waals surface area contributed by atoms with E-state index >= 15 is 0 Å². The van der Waals surface area contributed by atoms with Crippen LogP contribution in [0.15, 0.2) is 24.3 Å². The molecule has 1 fully saturated rings. The first-order chi connectivity index (χ1) is 12.8. The molecule has 2 amide bonds. The topological polar surface area (TPSA) is 66.5 Å². The molecule has 1 atom stereocenters. The normalized spacial score (nSPS) is 22.2. The van der Waals surface area contributed by atoms with Crippen molar-refractivity contribution in [2.24, 2.45) is 0 Å². The minimum absolute atomic E-state index is 0.0428. The summed E-state index contributed by atoms with van der Waals surface area (Å²) in [6, 6.07) is 4.58. The highest BCUT2D eigenvalue weighted by molar-refractivity contribution is 7.16. The molecule has 2 N–H and O–H groups in total. The molecule has 0 spiro atoms. The summed E-state index contributed by atoms with van der Waals surface area (Å²) in [4.78, 5) is 18.3. The first-order valence-corrected chi connectivity index (χ1v) is 9.23. The van der Waals surface area contributed by atoms with Gasteiger partial charge in [-0.1, -0.05) is 23.5 Å². The maximum Gasteiger partial charge on any atom is 0.421 e. The van der Waals surface area contributed by atoms with Gasteiger partial charge in [0.1, 0.15) is 5.75 Å². The van der Waals surface area contributed by atoms with Crippen molar-refractivity contribution in [3.8, 4) is 5.75 Å². The lowest BCUT2D eigenvalue weighted by atomic mass is 9.86. The molecular formula is C17H17F3N4O2S. The fourth-order valence-electron chi connectivity index (χ4n) is 3.46.